The summed E-state index contributed by atoms with van der Waals surface area (Å²) in [5.41, 5.74) is 2.59. The van der Waals surface area contributed by atoms with E-state index < -0.39 is 0 Å². The molecule has 0 fully saturated rings. The van der Waals surface area contributed by atoms with Gasteiger partial charge in [0.05, 0.1) is 6.54 Å². The molecular weight excluding hydrogens is 158 g/mol. The SMILES string of the molecule is CN1[CH]Cc2cc(Cl)ccc21. The van der Waals surface area contributed by atoms with E-state index in [4.69, 9.17) is 11.6 Å². The molecular formula is C9H9ClN. The highest BCUT2D eigenvalue weighted by atomic mass is 35.5. The minimum atomic E-state index is 0.826. The smallest absolute Gasteiger partial charge is 0.0534 e. The summed E-state index contributed by atoms with van der Waals surface area (Å²) in [4.78, 5) is 2.13. The van der Waals surface area contributed by atoms with Crippen LogP contribution < -0.4 is 4.90 Å². The summed E-state index contributed by atoms with van der Waals surface area (Å²) < 4.78 is 0. The van der Waals surface area contributed by atoms with E-state index in [0.717, 1.165) is 11.4 Å². The number of hydrogen-bond acceptors (Lipinski definition) is 1. The minimum Gasteiger partial charge on any atom is -0.369 e. The lowest BCUT2D eigenvalue weighted by atomic mass is 10.2. The maximum Gasteiger partial charge on any atom is 0.0534 e. The minimum absolute atomic E-state index is 0.826. The molecule has 57 valence electrons. The van der Waals surface area contributed by atoms with Gasteiger partial charge in [0.2, 0.25) is 0 Å². The van der Waals surface area contributed by atoms with E-state index in [0.29, 0.717) is 0 Å². The van der Waals surface area contributed by atoms with E-state index in [1.807, 2.05) is 12.1 Å². The van der Waals surface area contributed by atoms with Gasteiger partial charge in [-0.2, -0.15) is 0 Å². The van der Waals surface area contributed by atoms with Gasteiger partial charge in [-0.1, -0.05) is 11.6 Å². The average Bonchev–Trinajstić information content (AvgIpc) is 2.32. The van der Waals surface area contributed by atoms with Gasteiger partial charge in [-0.3, -0.25) is 0 Å². The zero-order valence-electron chi connectivity index (χ0n) is 6.34. The molecule has 2 heteroatoms. The molecule has 1 aromatic carbocycles. The van der Waals surface area contributed by atoms with Crippen LogP contribution in [0, 0.1) is 6.54 Å². The molecule has 11 heavy (non-hydrogen) atoms. The van der Waals surface area contributed by atoms with Gasteiger partial charge in [0.1, 0.15) is 0 Å². The van der Waals surface area contributed by atoms with Crippen LogP contribution in [0.4, 0.5) is 5.69 Å². The van der Waals surface area contributed by atoms with Gasteiger partial charge in [0.25, 0.3) is 0 Å². The van der Waals surface area contributed by atoms with Crippen LogP contribution >= 0.6 is 11.6 Å². The van der Waals surface area contributed by atoms with Crippen LogP contribution in [0.15, 0.2) is 18.2 Å². The highest BCUT2D eigenvalue weighted by Crippen LogP contribution is 2.30. The maximum absolute atomic E-state index is 5.84. The summed E-state index contributed by atoms with van der Waals surface area (Å²) in [6.07, 6.45) is 1.01. The molecule has 1 heterocycles. The van der Waals surface area contributed by atoms with Crippen molar-refractivity contribution in [3.05, 3.63) is 35.3 Å². The van der Waals surface area contributed by atoms with Crippen LogP contribution in [-0.4, -0.2) is 7.05 Å². The van der Waals surface area contributed by atoms with Gasteiger partial charge in [0, 0.05) is 17.8 Å². The van der Waals surface area contributed by atoms with Crippen LogP contribution in [0.1, 0.15) is 5.56 Å². The number of anilines is 1. The van der Waals surface area contributed by atoms with Crippen LogP contribution in [0.3, 0.4) is 0 Å². The van der Waals surface area contributed by atoms with Gasteiger partial charge in [-0.05, 0) is 30.2 Å². The summed E-state index contributed by atoms with van der Waals surface area (Å²) in [6, 6.07) is 6.01. The average molecular weight is 167 g/mol. The molecule has 0 saturated carbocycles. The molecule has 0 aromatic heterocycles. The third kappa shape index (κ3) is 1.10. The van der Waals surface area contributed by atoms with Gasteiger partial charge in [-0.15, -0.1) is 0 Å². The molecule has 0 atom stereocenters. The van der Waals surface area contributed by atoms with Crippen LogP contribution in [0.5, 0.6) is 0 Å². The fourth-order valence-electron chi connectivity index (χ4n) is 1.40. The second-order valence-electron chi connectivity index (χ2n) is 2.77. The van der Waals surface area contributed by atoms with E-state index in [-0.39, 0.29) is 0 Å². The number of halogens is 1. The first-order valence-electron chi connectivity index (χ1n) is 3.62. The number of likely N-dealkylation sites (N-methyl/N-ethyl adjacent to an activating group) is 1. The predicted octanol–water partition coefficient (Wildman–Crippen LogP) is 2.49. The molecule has 1 aliphatic rings. The largest absolute Gasteiger partial charge is 0.369 e. The third-order valence-corrected chi connectivity index (χ3v) is 2.24. The molecule has 1 aromatic rings. The van der Waals surface area contributed by atoms with Crippen molar-refractivity contribution >= 4 is 17.3 Å². The standard InChI is InChI=1S/C9H9ClN/c1-11-5-4-7-6-8(10)2-3-9(7)11/h2-3,5-6H,4H2,1H3. The summed E-state index contributed by atoms with van der Waals surface area (Å²) in [7, 11) is 2.06. The first-order valence-corrected chi connectivity index (χ1v) is 4.00. The summed E-state index contributed by atoms with van der Waals surface area (Å²) in [5, 5.41) is 0.826. The topological polar surface area (TPSA) is 3.24 Å². The molecule has 0 spiro atoms. The Bertz CT molecular complexity index is 283. The van der Waals surface area contributed by atoms with Gasteiger partial charge in [0.15, 0.2) is 0 Å². The Labute approximate surface area is 71.6 Å². The van der Waals surface area contributed by atoms with Crippen molar-refractivity contribution in [1.29, 1.82) is 0 Å². The van der Waals surface area contributed by atoms with E-state index in [9.17, 15) is 0 Å². The fraction of sp³-hybridized carbons (Fsp3) is 0.222. The predicted molar refractivity (Wildman–Crippen MR) is 47.9 cm³/mol. The van der Waals surface area contributed by atoms with Crippen molar-refractivity contribution < 1.29 is 0 Å². The zero-order chi connectivity index (χ0) is 7.84. The molecule has 0 N–H and O–H groups in total. The lowest BCUT2D eigenvalue weighted by Gasteiger charge is -2.10. The molecule has 1 aliphatic heterocycles. The van der Waals surface area contributed by atoms with Crippen molar-refractivity contribution in [2.75, 3.05) is 11.9 Å². The number of hydrogen-bond donors (Lipinski definition) is 0. The van der Waals surface area contributed by atoms with Crippen LogP contribution in [0.2, 0.25) is 5.02 Å². The third-order valence-electron chi connectivity index (χ3n) is 2.01. The van der Waals surface area contributed by atoms with Gasteiger partial charge >= 0.3 is 0 Å². The number of fused-ring (bicyclic) bond motifs is 1. The number of rotatable bonds is 0. The molecule has 0 unspecified atom stereocenters. The molecule has 0 saturated heterocycles. The Morgan fingerprint density at radius 1 is 1.45 bits per heavy atom. The van der Waals surface area contributed by atoms with E-state index in [1.54, 1.807) is 0 Å². The molecule has 1 nitrogen and oxygen atoms in total. The molecule has 0 bridgehead atoms. The highest BCUT2D eigenvalue weighted by Gasteiger charge is 2.15. The quantitative estimate of drug-likeness (QED) is 0.573. The normalized spacial score (nSPS) is 15.3. The Kier molecular flexibility index (Phi) is 1.53. The van der Waals surface area contributed by atoms with E-state index in [2.05, 4.69) is 24.6 Å². The van der Waals surface area contributed by atoms with Crippen molar-refractivity contribution in [3.8, 4) is 0 Å². The molecule has 0 amide bonds. The fourth-order valence-corrected chi connectivity index (χ4v) is 1.59. The lowest BCUT2D eigenvalue weighted by molar-refractivity contribution is 1.09. The van der Waals surface area contributed by atoms with E-state index >= 15 is 0 Å². The van der Waals surface area contributed by atoms with Crippen molar-refractivity contribution in [2.24, 2.45) is 0 Å². The Morgan fingerprint density at radius 2 is 2.27 bits per heavy atom. The Hall–Kier alpha value is -0.690. The van der Waals surface area contributed by atoms with Crippen molar-refractivity contribution in [1.82, 2.24) is 0 Å². The van der Waals surface area contributed by atoms with Crippen molar-refractivity contribution in [3.63, 3.8) is 0 Å². The number of benzene rings is 1. The molecule has 2 rings (SSSR count). The molecule has 1 radical (unpaired) electrons. The van der Waals surface area contributed by atoms with Gasteiger partial charge < -0.3 is 4.90 Å². The molecule has 0 aliphatic carbocycles. The highest BCUT2D eigenvalue weighted by molar-refractivity contribution is 6.30. The van der Waals surface area contributed by atoms with E-state index in [1.165, 1.54) is 11.3 Å². The maximum atomic E-state index is 5.84. The number of nitrogens with zero attached hydrogens (tertiary/aromatic N) is 1. The van der Waals surface area contributed by atoms with Crippen molar-refractivity contribution in [2.45, 2.75) is 6.42 Å². The first kappa shape index (κ1) is 6.99. The van der Waals surface area contributed by atoms with Crippen LogP contribution in [0.25, 0.3) is 0 Å². The zero-order valence-corrected chi connectivity index (χ0v) is 7.10. The second-order valence-corrected chi connectivity index (χ2v) is 3.21. The lowest BCUT2D eigenvalue weighted by Crippen LogP contribution is -2.06. The monoisotopic (exact) mass is 166 g/mol. The Balaban J connectivity index is 2.50. The Morgan fingerprint density at radius 3 is 3.09 bits per heavy atom. The second kappa shape index (κ2) is 2.42. The first-order chi connectivity index (χ1) is 5.27. The van der Waals surface area contributed by atoms with Crippen LogP contribution in [-0.2, 0) is 6.42 Å². The summed E-state index contributed by atoms with van der Waals surface area (Å²) >= 11 is 5.84. The summed E-state index contributed by atoms with van der Waals surface area (Å²) in [5.74, 6) is 0. The summed E-state index contributed by atoms with van der Waals surface area (Å²) in [6.45, 7) is 2.15. The van der Waals surface area contributed by atoms with Gasteiger partial charge in [-0.25, -0.2) is 0 Å².